The highest BCUT2D eigenvalue weighted by molar-refractivity contribution is 5.73. The molecule has 5 heteroatoms. The fraction of sp³-hybridized carbons (Fsp3) is 0.444. The lowest BCUT2D eigenvalue weighted by Crippen LogP contribution is -2.03. The Morgan fingerprint density at radius 1 is 1.43 bits per heavy atom. The molecule has 0 amide bonds. The van der Waals surface area contributed by atoms with Gasteiger partial charge in [0.1, 0.15) is 5.52 Å². The summed E-state index contributed by atoms with van der Waals surface area (Å²) < 4.78 is 0. The number of hydrogen-bond acceptors (Lipinski definition) is 4. The van der Waals surface area contributed by atoms with E-state index >= 15 is 0 Å². The van der Waals surface area contributed by atoms with Crippen LogP contribution in [0.3, 0.4) is 0 Å². The molecular formula is C9H13N5. The molecule has 2 aromatic rings. The van der Waals surface area contributed by atoms with Gasteiger partial charge in [0.25, 0.3) is 0 Å². The molecule has 5 nitrogen and oxygen atoms in total. The largest absolute Gasteiger partial charge is 0.368 e. The van der Waals surface area contributed by atoms with Crippen LogP contribution >= 0.6 is 0 Å². The van der Waals surface area contributed by atoms with E-state index in [0.717, 1.165) is 17.6 Å². The molecule has 0 aliphatic rings. The molecule has 2 aromatic heterocycles. The highest BCUT2D eigenvalue weighted by Crippen LogP contribution is 2.15. The van der Waals surface area contributed by atoms with Crippen LogP contribution in [0.25, 0.3) is 11.2 Å². The second kappa shape index (κ2) is 3.25. The Labute approximate surface area is 81.8 Å². The molecule has 0 fully saturated rings. The number of fused-ring (bicyclic) bond motifs is 1. The zero-order valence-electron chi connectivity index (χ0n) is 8.28. The Bertz CT molecular complexity index is 445. The monoisotopic (exact) mass is 191 g/mol. The maximum absolute atomic E-state index is 5.58. The summed E-state index contributed by atoms with van der Waals surface area (Å²) >= 11 is 0. The van der Waals surface area contributed by atoms with E-state index < -0.39 is 0 Å². The Morgan fingerprint density at radius 2 is 2.21 bits per heavy atom. The summed E-state index contributed by atoms with van der Waals surface area (Å²) in [5, 5.41) is 0. The number of nitrogens with one attached hydrogen (secondary N) is 1. The van der Waals surface area contributed by atoms with Crippen LogP contribution in [-0.2, 0) is 6.42 Å². The number of aromatic nitrogens is 4. The molecular weight excluding hydrogens is 178 g/mol. The summed E-state index contributed by atoms with van der Waals surface area (Å²) in [5.41, 5.74) is 8.07. The van der Waals surface area contributed by atoms with Crippen molar-refractivity contribution in [3.63, 3.8) is 0 Å². The molecule has 0 aromatic carbocycles. The first-order valence-corrected chi connectivity index (χ1v) is 4.62. The average molecular weight is 191 g/mol. The number of imidazole rings is 1. The minimum Gasteiger partial charge on any atom is -0.368 e. The van der Waals surface area contributed by atoms with Crippen LogP contribution in [0.1, 0.15) is 19.5 Å². The van der Waals surface area contributed by atoms with Crippen molar-refractivity contribution >= 4 is 17.1 Å². The molecule has 0 bridgehead atoms. The number of hydrogen-bond donors (Lipinski definition) is 2. The van der Waals surface area contributed by atoms with E-state index in [0.29, 0.717) is 17.5 Å². The third kappa shape index (κ3) is 1.53. The van der Waals surface area contributed by atoms with Crippen molar-refractivity contribution in [3.05, 3.63) is 12.0 Å². The smallest absolute Gasteiger partial charge is 0.222 e. The number of aromatic amines is 1. The first-order valence-electron chi connectivity index (χ1n) is 4.62. The first-order chi connectivity index (χ1) is 6.66. The summed E-state index contributed by atoms with van der Waals surface area (Å²) in [4.78, 5) is 15.3. The van der Waals surface area contributed by atoms with Gasteiger partial charge in [0.15, 0.2) is 5.65 Å². The standard InChI is InChI=1S/C9H13N5/c1-5(2)3-6-7-8(12-4-11-7)14-9(10)13-6/h4-5H,3H2,1-2H3,(H3,10,11,12,13,14). The predicted molar refractivity (Wildman–Crippen MR) is 54.6 cm³/mol. The molecule has 3 N–H and O–H groups in total. The molecule has 0 radical (unpaired) electrons. The van der Waals surface area contributed by atoms with Gasteiger partial charge in [0, 0.05) is 0 Å². The van der Waals surface area contributed by atoms with Gasteiger partial charge < -0.3 is 10.7 Å². The topological polar surface area (TPSA) is 80.5 Å². The lowest BCUT2D eigenvalue weighted by atomic mass is 10.1. The molecule has 0 aliphatic heterocycles. The van der Waals surface area contributed by atoms with Crippen molar-refractivity contribution in [2.24, 2.45) is 5.92 Å². The fourth-order valence-electron chi connectivity index (χ4n) is 1.45. The quantitative estimate of drug-likeness (QED) is 0.745. The van der Waals surface area contributed by atoms with Crippen LogP contribution in [0.5, 0.6) is 0 Å². The molecule has 74 valence electrons. The van der Waals surface area contributed by atoms with Crippen molar-refractivity contribution in [2.45, 2.75) is 20.3 Å². The van der Waals surface area contributed by atoms with Crippen LogP contribution < -0.4 is 5.73 Å². The number of H-pyrrole nitrogens is 1. The van der Waals surface area contributed by atoms with E-state index in [2.05, 4.69) is 33.8 Å². The maximum atomic E-state index is 5.58. The van der Waals surface area contributed by atoms with Crippen molar-refractivity contribution < 1.29 is 0 Å². The van der Waals surface area contributed by atoms with Crippen molar-refractivity contribution in [3.8, 4) is 0 Å². The zero-order valence-corrected chi connectivity index (χ0v) is 8.28. The van der Waals surface area contributed by atoms with Gasteiger partial charge in [-0.2, -0.15) is 4.98 Å². The van der Waals surface area contributed by atoms with E-state index in [1.165, 1.54) is 0 Å². The Balaban J connectivity index is 2.55. The van der Waals surface area contributed by atoms with E-state index in [4.69, 9.17) is 5.73 Å². The van der Waals surface area contributed by atoms with Gasteiger partial charge in [-0.3, -0.25) is 0 Å². The molecule has 0 spiro atoms. The molecule has 0 saturated carbocycles. The maximum Gasteiger partial charge on any atom is 0.222 e. The number of anilines is 1. The van der Waals surface area contributed by atoms with Crippen molar-refractivity contribution in [1.82, 2.24) is 19.9 Å². The number of nitrogens with two attached hydrogens (primary N) is 1. The molecule has 2 heterocycles. The third-order valence-corrected chi connectivity index (χ3v) is 1.98. The lowest BCUT2D eigenvalue weighted by molar-refractivity contribution is 0.638. The Hall–Kier alpha value is -1.65. The van der Waals surface area contributed by atoms with Gasteiger partial charge in [0.2, 0.25) is 5.95 Å². The van der Waals surface area contributed by atoms with E-state index in [1.54, 1.807) is 6.33 Å². The van der Waals surface area contributed by atoms with E-state index in [1.807, 2.05) is 0 Å². The number of nitrogens with zero attached hydrogens (tertiary/aromatic N) is 3. The highest BCUT2D eigenvalue weighted by atomic mass is 15.1. The van der Waals surface area contributed by atoms with Crippen LogP contribution in [0.15, 0.2) is 6.33 Å². The number of nitrogen functional groups attached to an aromatic ring is 1. The minimum atomic E-state index is 0.292. The van der Waals surface area contributed by atoms with Crippen LogP contribution in [-0.4, -0.2) is 19.9 Å². The zero-order chi connectivity index (χ0) is 10.1. The normalized spacial score (nSPS) is 11.4. The molecule has 14 heavy (non-hydrogen) atoms. The summed E-state index contributed by atoms with van der Waals surface area (Å²) in [5.74, 6) is 0.830. The summed E-state index contributed by atoms with van der Waals surface area (Å²) in [6.07, 6.45) is 2.49. The molecule has 0 atom stereocenters. The van der Waals surface area contributed by atoms with E-state index in [-0.39, 0.29) is 0 Å². The molecule has 0 saturated heterocycles. The predicted octanol–water partition coefficient (Wildman–Crippen LogP) is 1.13. The van der Waals surface area contributed by atoms with Crippen LogP contribution in [0.2, 0.25) is 0 Å². The summed E-state index contributed by atoms with van der Waals surface area (Å²) in [6, 6.07) is 0. The Morgan fingerprint density at radius 3 is 2.93 bits per heavy atom. The second-order valence-electron chi connectivity index (χ2n) is 3.73. The van der Waals surface area contributed by atoms with Crippen LogP contribution in [0, 0.1) is 5.92 Å². The summed E-state index contributed by atoms with van der Waals surface area (Å²) in [6.45, 7) is 4.28. The fourth-order valence-corrected chi connectivity index (χ4v) is 1.45. The van der Waals surface area contributed by atoms with Gasteiger partial charge in [-0.25, -0.2) is 9.97 Å². The Kier molecular flexibility index (Phi) is 2.07. The second-order valence-corrected chi connectivity index (χ2v) is 3.73. The van der Waals surface area contributed by atoms with Gasteiger partial charge in [0.05, 0.1) is 12.0 Å². The summed E-state index contributed by atoms with van der Waals surface area (Å²) in [7, 11) is 0. The van der Waals surface area contributed by atoms with Gasteiger partial charge in [-0.1, -0.05) is 13.8 Å². The van der Waals surface area contributed by atoms with Gasteiger partial charge in [-0.05, 0) is 12.3 Å². The third-order valence-electron chi connectivity index (χ3n) is 1.98. The van der Waals surface area contributed by atoms with Crippen molar-refractivity contribution in [2.75, 3.05) is 5.73 Å². The molecule has 0 aliphatic carbocycles. The van der Waals surface area contributed by atoms with Crippen molar-refractivity contribution in [1.29, 1.82) is 0 Å². The van der Waals surface area contributed by atoms with Crippen LogP contribution in [0.4, 0.5) is 5.95 Å². The van der Waals surface area contributed by atoms with Gasteiger partial charge in [-0.15, -0.1) is 0 Å². The first kappa shape index (κ1) is 8.93. The molecule has 0 unspecified atom stereocenters. The number of rotatable bonds is 2. The highest BCUT2D eigenvalue weighted by Gasteiger charge is 2.09. The van der Waals surface area contributed by atoms with E-state index in [9.17, 15) is 0 Å². The molecule has 2 rings (SSSR count). The lowest BCUT2D eigenvalue weighted by Gasteiger charge is -2.05. The SMILES string of the molecule is CC(C)Cc1nc(N)nc2nc[nH]c12. The minimum absolute atomic E-state index is 0.292. The van der Waals surface area contributed by atoms with Gasteiger partial charge >= 0.3 is 0 Å². The average Bonchev–Trinajstić information content (AvgIpc) is 2.50.